The molecule has 0 N–H and O–H groups in total. The summed E-state index contributed by atoms with van der Waals surface area (Å²) in [4.78, 5) is 0. The molecule has 0 saturated carbocycles. The molecule has 26 heavy (non-hydrogen) atoms. The molecule has 0 unspecified atom stereocenters. The third-order valence-corrected chi connectivity index (χ3v) is 8.80. The predicted molar refractivity (Wildman–Crippen MR) is 124 cm³/mol. The predicted octanol–water partition coefficient (Wildman–Crippen LogP) is 7.90. The average molecular weight is 395 g/mol. The standard InChI is InChI=1S/C22H46N2Si2/c1-11-15-19-20(16-12-2)24(26(8,9)10)22(18-14-4)21(17-13-3)23(19)25(5,6)7/h11-18H2,1-10H3. The first-order chi connectivity index (χ1) is 12.0. The molecule has 4 heteroatoms. The van der Waals surface area contributed by atoms with Crippen molar-refractivity contribution in [3.63, 3.8) is 0 Å². The molecular formula is C22H46N2Si2. The van der Waals surface area contributed by atoms with Crippen LogP contribution in [0.5, 0.6) is 0 Å². The average Bonchev–Trinajstić information content (AvgIpc) is 2.49. The van der Waals surface area contributed by atoms with Crippen molar-refractivity contribution in [2.24, 2.45) is 0 Å². The Bertz CT molecular complexity index is 441. The van der Waals surface area contributed by atoms with Crippen LogP contribution in [0.4, 0.5) is 0 Å². The number of allylic oxidation sites excluding steroid dienone is 4. The summed E-state index contributed by atoms with van der Waals surface area (Å²) in [6.07, 6.45) is 9.88. The van der Waals surface area contributed by atoms with Crippen molar-refractivity contribution in [1.82, 2.24) is 9.13 Å². The van der Waals surface area contributed by atoms with E-state index in [1.165, 1.54) is 51.4 Å². The van der Waals surface area contributed by atoms with Gasteiger partial charge in [0.15, 0.2) is 16.5 Å². The molecule has 0 aromatic rings. The van der Waals surface area contributed by atoms with Crippen LogP contribution in [0, 0.1) is 0 Å². The molecule has 0 aromatic carbocycles. The summed E-state index contributed by atoms with van der Waals surface area (Å²) in [5.74, 6) is 0. The molecule has 1 aliphatic heterocycles. The highest BCUT2D eigenvalue weighted by Gasteiger charge is 2.40. The zero-order valence-corrected chi connectivity index (χ0v) is 21.6. The topological polar surface area (TPSA) is 6.48 Å². The second-order valence-corrected chi connectivity index (χ2v) is 19.4. The van der Waals surface area contributed by atoms with Crippen LogP contribution in [0.25, 0.3) is 0 Å². The third-order valence-electron chi connectivity index (χ3n) is 5.03. The zero-order chi connectivity index (χ0) is 20.1. The second-order valence-electron chi connectivity index (χ2n) is 9.80. The molecule has 0 bridgehead atoms. The summed E-state index contributed by atoms with van der Waals surface area (Å²) < 4.78 is 5.79. The van der Waals surface area contributed by atoms with Crippen molar-refractivity contribution in [3.05, 3.63) is 22.8 Å². The Balaban J connectivity index is 3.80. The number of nitrogens with zero attached hydrogens (tertiary/aromatic N) is 2. The first-order valence-electron chi connectivity index (χ1n) is 11.1. The summed E-state index contributed by atoms with van der Waals surface area (Å²) in [5, 5.41) is 0. The fraction of sp³-hybridized carbons (Fsp3) is 0.818. The molecular weight excluding hydrogens is 348 g/mol. The lowest BCUT2D eigenvalue weighted by Crippen LogP contribution is -2.54. The van der Waals surface area contributed by atoms with Crippen LogP contribution in [0.2, 0.25) is 39.3 Å². The number of hydrogen-bond donors (Lipinski definition) is 0. The summed E-state index contributed by atoms with van der Waals surface area (Å²) in [5.41, 5.74) is 6.72. The van der Waals surface area contributed by atoms with Crippen LogP contribution in [-0.4, -0.2) is 25.6 Å². The van der Waals surface area contributed by atoms with Crippen molar-refractivity contribution in [1.29, 1.82) is 0 Å². The Kier molecular flexibility index (Phi) is 8.72. The maximum atomic E-state index is 2.90. The minimum absolute atomic E-state index is 1.23. The van der Waals surface area contributed by atoms with Gasteiger partial charge in [-0.3, -0.25) is 0 Å². The minimum atomic E-state index is -1.48. The lowest BCUT2D eigenvalue weighted by molar-refractivity contribution is 0.419. The van der Waals surface area contributed by atoms with E-state index in [4.69, 9.17) is 0 Å². The van der Waals surface area contributed by atoms with E-state index in [0.29, 0.717) is 0 Å². The highest BCUT2D eigenvalue weighted by atomic mass is 28.3. The lowest BCUT2D eigenvalue weighted by Gasteiger charge is -2.53. The summed E-state index contributed by atoms with van der Waals surface area (Å²) >= 11 is 0. The van der Waals surface area contributed by atoms with E-state index < -0.39 is 16.5 Å². The lowest BCUT2D eigenvalue weighted by atomic mass is 10.0. The monoisotopic (exact) mass is 394 g/mol. The highest BCUT2D eigenvalue weighted by molar-refractivity contribution is 6.75. The molecule has 0 amide bonds. The Labute approximate surface area is 166 Å². The molecule has 1 rings (SSSR count). The van der Waals surface area contributed by atoms with Crippen molar-refractivity contribution >= 4 is 16.5 Å². The summed E-state index contributed by atoms with van der Waals surface area (Å²) in [6, 6.07) is 0. The van der Waals surface area contributed by atoms with E-state index in [-0.39, 0.29) is 0 Å². The molecule has 0 fully saturated rings. The molecule has 2 nitrogen and oxygen atoms in total. The quantitative estimate of drug-likeness (QED) is 0.347. The molecule has 0 aliphatic carbocycles. The van der Waals surface area contributed by atoms with Gasteiger partial charge in [-0.2, -0.15) is 0 Å². The molecule has 152 valence electrons. The van der Waals surface area contributed by atoms with Crippen molar-refractivity contribution in [2.75, 3.05) is 0 Å². The second kappa shape index (κ2) is 9.63. The van der Waals surface area contributed by atoms with Crippen molar-refractivity contribution in [2.45, 2.75) is 118 Å². The SMILES string of the molecule is CCCC1=C(CCC)N([Si](C)(C)C)C(CCC)=C(CCC)N1[Si](C)(C)C. The third kappa shape index (κ3) is 5.28. The van der Waals surface area contributed by atoms with Gasteiger partial charge in [0.25, 0.3) is 0 Å². The van der Waals surface area contributed by atoms with Gasteiger partial charge in [0.1, 0.15) is 0 Å². The van der Waals surface area contributed by atoms with Crippen molar-refractivity contribution < 1.29 is 0 Å². The molecule has 1 aliphatic rings. The number of hydrogen-bond acceptors (Lipinski definition) is 2. The van der Waals surface area contributed by atoms with Crippen LogP contribution in [0.3, 0.4) is 0 Å². The molecule has 0 spiro atoms. The van der Waals surface area contributed by atoms with Crippen LogP contribution < -0.4 is 0 Å². The highest BCUT2D eigenvalue weighted by Crippen LogP contribution is 2.43. The van der Waals surface area contributed by atoms with Gasteiger partial charge in [-0.1, -0.05) is 92.7 Å². The van der Waals surface area contributed by atoms with E-state index in [1.54, 1.807) is 22.8 Å². The van der Waals surface area contributed by atoms with E-state index in [0.717, 1.165) is 0 Å². The maximum absolute atomic E-state index is 2.90. The van der Waals surface area contributed by atoms with E-state index >= 15 is 0 Å². The van der Waals surface area contributed by atoms with Crippen molar-refractivity contribution in [3.8, 4) is 0 Å². The summed E-state index contributed by atoms with van der Waals surface area (Å²) in [7, 11) is -2.96. The Hall–Kier alpha value is -0.486. The van der Waals surface area contributed by atoms with Gasteiger partial charge in [-0.25, -0.2) is 0 Å². The van der Waals surface area contributed by atoms with Gasteiger partial charge in [-0.05, 0) is 25.7 Å². The van der Waals surface area contributed by atoms with Crippen LogP contribution in [-0.2, 0) is 0 Å². The smallest absolute Gasteiger partial charge is 0.152 e. The van der Waals surface area contributed by atoms with Crippen LogP contribution in [0.15, 0.2) is 22.8 Å². The van der Waals surface area contributed by atoms with Gasteiger partial charge in [0.2, 0.25) is 0 Å². The maximum Gasteiger partial charge on any atom is 0.152 e. The fourth-order valence-electron chi connectivity index (χ4n) is 4.43. The Morgan fingerprint density at radius 3 is 0.769 bits per heavy atom. The Morgan fingerprint density at radius 1 is 0.462 bits per heavy atom. The van der Waals surface area contributed by atoms with E-state index in [2.05, 4.69) is 76.1 Å². The van der Waals surface area contributed by atoms with Crippen LogP contribution >= 0.6 is 0 Å². The first-order valence-corrected chi connectivity index (χ1v) is 18.0. The molecule has 0 saturated heterocycles. The number of rotatable bonds is 10. The molecule has 0 aromatic heterocycles. The van der Waals surface area contributed by atoms with Gasteiger partial charge in [0, 0.05) is 22.8 Å². The molecule has 0 radical (unpaired) electrons. The Morgan fingerprint density at radius 2 is 0.654 bits per heavy atom. The van der Waals surface area contributed by atoms with Gasteiger partial charge in [0.05, 0.1) is 0 Å². The largest absolute Gasteiger partial charge is 0.373 e. The molecule has 1 heterocycles. The summed E-state index contributed by atoms with van der Waals surface area (Å²) in [6.45, 7) is 24.6. The fourth-order valence-corrected chi connectivity index (χ4v) is 8.64. The zero-order valence-electron chi connectivity index (χ0n) is 19.6. The van der Waals surface area contributed by atoms with Gasteiger partial charge < -0.3 is 9.13 Å². The van der Waals surface area contributed by atoms with Gasteiger partial charge >= 0.3 is 0 Å². The first kappa shape index (κ1) is 23.6. The molecule has 0 atom stereocenters. The van der Waals surface area contributed by atoms with Gasteiger partial charge in [-0.15, -0.1) is 0 Å². The minimum Gasteiger partial charge on any atom is -0.373 e. The van der Waals surface area contributed by atoms with E-state index in [9.17, 15) is 0 Å². The normalized spacial score (nSPS) is 16.8. The van der Waals surface area contributed by atoms with Crippen LogP contribution in [0.1, 0.15) is 79.1 Å². The van der Waals surface area contributed by atoms with E-state index in [1.807, 2.05) is 0 Å².